The van der Waals surface area contributed by atoms with E-state index in [2.05, 4.69) is 30.9 Å². The minimum atomic E-state index is -0.520. The van der Waals surface area contributed by atoms with Crippen molar-refractivity contribution in [1.82, 2.24) is 25.6 Å². The van der Waals surface area contributed by atoms with Gasteiger partial charge in [-0.2, -0.15) is 0 Å². The highest BCUT2D eigenvalue weighted by Crippen LogP contribution is 2.35. The Morgan fingerprint density at radius 2 is 1.94 bits per heavy atom. The summed E-state index contributed by atoms with van der Waals surface area (Å²) in [6, 6.07) is 5.63. The number of fused-ring (bicyclic) bond motifs is 1. The quantitative estimate of drug-likeness (QED) is 0.486. The summed E-state index contributed by atoms with van der Waals surface area (Å²) < 4.78 is 5.34. The zero-order chi connectivity index (χ0) is 22.9. The van der Waals surface area contributed by atoms with E-state index in [1.54, 1.807) is 31.6 Å². The smallest absolute Gasteiger partial charge is 0.407 e. The van der Waals surface area contributed by atoms with Crippen LogP contribution in [0.1, 0.15) is 44.0 Å². The second-order valence-electron chi connectivity index (χ2n) is 8.95. The minimum absolute atomic E-state index is 0.0593. The van der Waals surface area contributed by atoms with E-state index in [0.717, 1.165) is 35.1 Å². The van der Waals surface area contributed by atoms with Crippen LogP contribution in [0.4, 0.5) is 10.5 Å². The molecule has 4 N–H and O–H groups in total. The number of alkyl carbamates (subject to hydrolysis) is 1. The third kappa shape index (κ3) is 4.66. The Morgan fingerprint density at radius 1 is 1.16 bits per heavy atom. The van der Waals surface area contributed by atoms with E-state index in [4.69, 9.17) is 4.74 Å². The molecule has 1 fully saturated rings. The van der Waals surface area contributed by atoms with E-state index in [0.29, 0.717) is 11.3 Å². The number of H-pyrrole nitrogens is 1. The summed E-state index contributed by atoms with van der Waals surface area (Å²) in [7, 11) is 1.60. The van der Waals surface area contributed by atoms with Gasteiger partial charge in [0.2, 0.25) is 0 Å². The summed E-state index contributed by atoms with van der Waals surface area (Å²) in [5, 5.41) is 10.1. The fourth-order valence-electron chi connectivity index (χ4n) is 3.75. The Balaban J connectivity index is 1.53. The molecule has 0 unspecified atom stereocenters. The van der Waals surface area contributed by atoms with Crippen LogP contribution in [0.2, 0.25) is 0 Å². The van der Waals surface area contributed by atoms with Crippen molar-refractivity contribution >= 4 is 28.7 Å². The van der Waals surface area contributed by atoms with Gasteiger partial charge in [0.15, 0.2) is 0 Å². The molecule has 0 radical (unpaired) electrons. The number of amides is 2. The molecule has 0 aliphatic heterocycles. The first-order valence-corrected chi connectivity index (χ1v) is 10.6. The maximum Gasteiger partial charge on any atom is 0.407 e. The van der Waals surface area contributed by atoms with Gasteiger partial charge in [-0.3, -0.25) is 9.78 Å². The monoisotopic (exact) mass is 436 g/mol. The van der Waals surface area contributed by atoms with Crippen LogP contribution in [-0.2, 0) is 4.74 Å². The first-order chi connectivity index (χ1) is 15.2. The molecule has 0 saturated heterocycles. The molecule has 32 heavy (non-hydrogen) atoms. The van der Waals surface area contributed by atoms with Crippen molar-refractivity contribution in [2.75, 3.05) is 12.4 Å². The van der Waals surface area contributed by atoms with Gasteiger partial charge in [0.1, 0.15) is 11.2 Å². The molecule has 9 heteroatoms. The molecule has 168 valence electrons. The van der Waals surface area contributed by atoms with Crippen molar-refractivity contribution in [3.8, 4) is 11.3 Å². The molecule has 3 aromatic rings. The molecule has 2 amide bonds. The Morgan fingerprint density at radius 3 is 2.66 bits per heavy atom. The van der Waals surface area contributed by atoms with Crippen LogP contribution >= 0.6 is 0 Å². The van der Waals surface area contributed by atoms with Gasteiger partial charge in [0, 0.05) is 54.2 Å². The van der Waals surface area contributed by atoms with Crippen LogP contribution < -0.4 is 16.0 Å². The first-order valence-electron chi connectivity index (χ1n) is 10.6. The number of anilines is 1. The molecule has 9 nitrogen and oxygen atoms in total. The van der Waals surface area contributed by atoms with Crippen molar-refractivity contribution in [2.24, 2.45) is 0 Å². The molecular weight excluding hydrogens is 408 g/mol. The second-order valence-corrected chi connectivity index (χ2v) is 8.95. The summed E-state index contributed by atoms with van der Waals surface area (Å²) in [6.07, 6.45) is 6.38. The fourth-order valence-corrected chi connectivity index (χ4v) is 3.75. The van der Waals surface area contributed by atoms with Gasteiger partial charge >= 0.3 is 6.09 Å². The van der Waals surface area contributed by atoms with Crippen molar-refractivity contribution in [1.29, 1.82) is 0 Å². The zero-order valence-electron chi connectivity index (χ0n) is 18.7. The van der Waals surface area contributed by atoms with Crippen LogP contribution in [-0.4, -0.2) is 51.7 Å². The van der Waals surface area contributed by atoms with Crippen LogP contribution in [0.5, 0.6) is 0 Å². The van der Waals surface area contributed by atoms with Crippen molar-refractivity contribution < 1.29 is 14.3 Å². The molecular formula is C23H28N6O3. The van der Waals surface area contributed by atoms with Crippen LogP contribution in [0.25, 0.3) is 22.3 Å². The minimum Gasteiger partial charge on any atom is -0.444 e. The van der Waals surface area contributed by atoms with Gasteiger partial charge in [-0.15, -0.1) is 0 Å². The molecule has 0 spiro atoms. The summed E-state index contributed by atoms with van der Waals surface area (Å²) in [5.41, 5.74) is 3.15. The third-order valence-corrected chi connectivity index (χ3v) is 5.32. The molecule has 1 saturated carbocycles. The van der Waals surface area contributed by atoms with Crippen molar-refractivity contribution in [2.45, 2.75) is 51.3 Å². The van der Waals surface area contributed by atoms with E-state index >= 15 is 0 Å². The molecule has 3 aromatic heterocycles. The average molecular weight is 437 g/mol. The van der Waals surface area contributed by atoms with E-state index in [1.165, 1.54) is 0 Å². The summed E-state index contributed by atoms with van der Waals surface area (Å²) >= 11 is 0. The average Bonchev–Trinajstić information content (AvgIpc) is 3.19. The Hall–Kier alpha value is -3.62. The van der Waals surface area contributed by atoms with Crippen LogP contribution in [0.15, 0.2) is 36.8 Å². The number of nitrogens with one attached hydrogen (secondary N) is 4. The standard InChI is InChI=1S/C23H28N6O3/c1-23(2,3)32-22(31)29-15-10-14(11-15)28-19-16-6-8-26-20(16)27-12-17(19)18-9-13(5-7-25-18)21(30)24-4/h5-9,12,14-15H,10-11H2,1-4H3,(H,24,30)(H,29,31)(H2,26,27,28)/t14-,15+. The van der Waals surface area contributed by atoms with E-state index < -0.39 is 11.7 Å². The largest absolute Gasteiger partial charge is 0.444 e. The normalized spacial score (nSPS) is 18.0. The summed E-state index contributed by atoms with van der Waals surface area (Å²) in [5.74, 6) is -0.172. The van der Waals surface area contributed by atoms with E-state index in [-0.39, 0.29) is 18.0 Å². The Kier molecular flexibility index (Phi) is 5.73. The highest BCUT2D eigenvalue weighted by Gasteiger charge is 2.32. The van der Waals surface area contributed by atoms with Gasteiger partial charge in [0.25, 0.3) is 5.91 Å². The number of hydrogen-bond donors (Lipinski definition) is 4. The molecule has 1 aliphatic carbocycles. The predicted octanol–water partition coefficient (Wildman–Crippen LogP) is 3.45. The number of pyridine rings is 2. The maximum atomic E-state index is 12.1. The second kappa shape index (κ2) is 8.49. The number of hydrogen-bond acceptors (Lipinski definition) is 6. The highest BCUT2D eigenvalue weighted by atomic mass is 16.6. The Bertz CT molecular complexity index is 1140. The number of nitrogens with zero attached hydrogens (tertiary/aromatic N) is 2. The number of carbonyl (C=O) groups is 2. The topological polar surface area (TPSA) is 121 Å². The lowest BCUT2D eigenvalue weighted by Crippen LogP contribution is -2.50. The molecule has 0 aromatic carbocycles. The highest BCUT2D eigenvalue weighted by molar-refractivity contribution is 5.99. The zero-order valence-corrected chi connectivity index (χ0v) is 18.7. The summed E-state index contributed by atoms with van der Waals surface area (Å²) in [4.78, 5) is 36.2. The van der Waals surface area contributed by atoms with Crippen LogP contribution in [0, 0.1) is 0 Å². The SMILES string of the molecule is CNC(=O)c1ccnc(-c2cnc3[nH]ccc3c2N[C@H]2C[C@@H](NC(=O)OC(C)(C)C)C2)c1. The predicted molar refractivity (Wildman–Crippen MR) is 123 cm³/mol. The maximum absolute atomic E-state index is 12.1. The molecule has 3 heterocycles. The fraction of sp³-hybridized carbons (Fsp3) is 0.391. The number of ether oxygens (including phenoxy) is 1. The molecule has 1 aliphatic rings. The molecule has 4 rings (SSSR count). The lowest BCUT2D eigenvalue weighted by atomic mass is 9.86. The Labute approximate surface area is 186 Å². The number of rotatable bonds is 5. The molecule has 0 atom stereocenters. The van der Waals surface area contributed by atoms with E-state index in [1.807, 2.05) is 33.0 Å². The van der Waals surface area contributed by atoms with E-state index in [9.17, 15) is 9.59 Å². The van der Waals surface area contributed by atoms with Crippen LogP contribution in [0.3, 0.4) is 0 Å². The number of aromatic amines is 1. The van der Waals surface area contributed by atoms with Gasteiger partial charge < -0.3 is 25.7 Å². The lowest BCUT2D eigenvalue weighted by Gasteiger charge is -2.37. The van der Waals surface area contributed by atoms with Gasteiger partial charge in [-0.05, 0) is 51.8 Å². The van der Waals surface area contributed by atoms with Gasteiger partial charge in [-0.25, -0.2) is 9.78 Å². The van der Waals surface area contributed by atoms with Gasteiger partial charge in [-0.1, -0.05) is 0 Å². The number of aromatic nitrogens is 3. The van der Waals surface area contributed by atoms with Crippen molar-refractivity contribution in [3.63, 3.8) is 0 Å². The summed E-state index contributed by atoms with van der Waals surface area (Å²) in [6.45, 7) is 5.54. The lowest BCUT2D eigenvalue weighted by molar-refractivity contribution is 0.0475. The first kappa shape index (κ1) is 21.6. The van der Waals surface area contributed by atoms with Crippen molar-refractivity contribution in [3.05, 3.63) is 42.4 Å². The molecule has 0 bridgehead atoms. The third-order valence-electron chi connectivity index (χ3n) is 5.32. The van der Waals surface area contributed by atoms with Gasteiger partial charge in [0.05, 0.1) is 11.4 Å². The number of carbonyl (C=O) groups excluding carboxylic acids is 2.